The summed E-state index contributed by atoms with van der Waals surface area (Å²) in [5.41, 5.74) is 0. The van der Waals surface area contributed by atoms with Crippen LogP contribution in [0.5, 0.6) is 0 Å². The Morgan fingerprint density at radius 3 is 0.747 bits per heavy atom. The van der Waals surface area contributed by atoms with Gasteiger partial charge in [-0.15, -0.1) is 0 Å². The lowest BCUT2D eigenvalue weighted by Crippen LogP contribution is -2.30. The maximum absolute atomic E-state index is 12.9. The molecule has 83 heavy (non-hydrogen) atoms. The minimum absolute atomic E-state index is 0.0773. The van der Waals surface area contributed by atoms with Crippen LogP contribution in [0.3, 0.4) is 0 Å². The first-order valence-corrected chi connectivity index (χ1v) is 35.7. The van der Waals surface area contributed by atoms with Crippen LogP contribution in [0.15, 0.2) is 97.2 Å². The number of carbonyl (C=O) groups excluding carboxylic acids is 3. The molecule has 0 N–H and O–H groups in total. The van der Waals surface area contributed by atoms with Gasteiger partial charge in [-0.05, 0) is 103 Å². The Hall–Kier alpha value is -3.67. The average molecular weight is 1160 g/mol. The Balaban J connectivity index is 4.25. The van der Waals surface area contributed by atoms with Crippen LogP contribution >= 0.6 is 0 Å². The molecular formula is C77H134O6. The summed E-state index contributed by atoms with van der Waals surface area (Å²) in [7, 11) is 0. The molecule has 478 valence electrons. The van der Waals surface area contributed by atoms with Gasteiger partial charge in [-0.3, -0.25) is 14.4 Å². The summed E-state index contributed by atoms with van der Waals surface area (Å²) in [4.78, 5) is 38.4. The lowest BCUT2D eigenvalue weighted by molar-refractivity contribution is -0.167. The van der Waals surface area contributed by atoms with E-state index < -0.39 is 6.10 Å². The zero-order valence-electron chi connectivity index (χ0n) is 54.9. The molecule has 0 saturated heterocycles. The molecule has 0 heterocycles. The molecule has 0 rings (SSSR count). The van der Waals surface area contributed by atoms with E-state index in [0.29, 0.717) is 19.3 Å². The number of hydrogen-bond donors (Lipinski definition) is 0. The van der Waals surface area contributed by atoms with Gasteiger partial charge in [-0.2, -0.15) is 0 Å². The van der Waals surface area contributed by atoms with Crippen LogP contribution in [0.2, 0.25) is 0 Å². The molecule has 1 unspecified atom stereocenters. The van der Waals surface area contributed by atoms with Crippen LogP contribution in [0.4, 0.5) is 0 Å². The first-order valence-electron chi connectivity index (χ1n) is 35.7. The zero-order valence-corrected chi connectivity index (χ0v) is 54.9. The monoisotopic (exact) mass is 1160 g/mol. The summed E-state index contributed by atoms with van der Waals surface area (Å²) in [6.07, 6.45) is 95.7. The van der Waals surface area contributed by atoms with Gasteiger partial charge >= 0.3 is 17.9 Å². The van der Waals surface area contributed by atoms with Crippen LogP contribution in [-0.2, 0) is 28.6 Å². The van der Waals surface area contributed by atoms with Gasteiger partial charge in [-0.1, -0.05) is 330 Å². The van der Waals surface area contributed by atoms with Gasteiger partial charge in [0.2, 0.25) is 0 Å². The smallest absolute Gasteiger partial charge is 0.306 e. The van der Waals surface area contributed by atoms with Crippen molar-refractivity contribution in [2.24, 2.45) is 0 Å². The molecule has 6 heteroatoms. The molecule has 0 fully saturated rings. The summed E-state index contributed by atoms with van der Waals surface area (Å²) in [6.45, 7) is 6.56. The van der Waals surface area contributed by atoms with E-state index >= 15 is 0 Å². The van der Waals surface area contributed by atoms with E-state index in [1.54, 1.807) is 0 Å². The van der Waals surface area contributed by atoms with E-state index in [1.807, 2.05) is 0 Å². The molecule has 0 aromatic rings. The lowest BCUT2D eigenvalue weighted by Gasteiger charge is -2.18. The summed E-state index contributed by atoms with van der Waals surface area (Å²) < 4.78 is 17.0. The van der Waals surface area contributed by atoms with Gasteiger partial charge in [0.25, 0.3) is 0 Å². The highest BCUT2D eigenvalue weighted by Gasteiger charge is 2.19. The Kier molecular flexibility index (Phi) is 67.7. The molecular weight excluding hydrogens is 1020 g/mol. The molecule has 0 bridgehead atoms. The van der Waals surface area contributed by atoms with Gasteiger partial charge < -0.3 is 14.2 Å². The van der Waals surface area contributed by atoms with Crippen LogP contribution in [0, 0.1) is 0 Å². The molecule has 0 aliphatic rings. The van der Waals surface area contributed by atoms with Crippen molar-refractivity contribution in [3.63, 3.8) is 0 Å². The third-order valence-corrected chi connectivity index (χ3v) is 15.6. The average Bonchev–Trinajstić information content (AvgIpc) is 3.49. The number of carbonyl (C=O) groups is 3. The number of allylic oxidation sites excluding steroid dienone is 16. The second-order valence-electron chi connectivity index (χ2n) is 23.8. The quantitative estimate of drug-likeness (QED) is 0.0261. The predicted octanol–water partition coefficient (Wildman–Crippen LogP) is 24.8. The lowest BCUT2D eigenvalue weighted by atomic mass is 10.0. The molecule has 0 amide bonds. The van der Waals surface area contributed by atoms with Crippen LogP contribution in [0.25, 0.3) is 0 Å². The van der Waals surface area contributed by atoms with E-state index in [2.05, 4.69) is 118 Å². The van der Waals surface area contributed by atoms with E-state index in [0.717, 1.165) is 109 Å². The highest BCUT2D eigenvalue weighted by Crippen LogP contribution is 2.17. The summed E-state index contributed by atoms with van der Waals surface area (Å²) in [5, 5.41) is 0. The number of esters is 3. The third-order valence-electron chi connectivity index (χ3n) is 15.6. The first-order chi connectivity index (χ1) is 41.0. The summed E-state index contributed by atoms with van der Waals surface area (Å²) >= 11 is 0. The van der Waals surface area contributed by atoms with Crippen LogP contribution in [-0.4, -0.2) is 37.2 Å². The molecule has 0 spiro atoms. The molecule has 0 radical (unpaired) electrons. The van der Waals surface area contributed by atoms with Crippen molar-refractivity contribution in [1.82, 2.24) is 0 Å². The van der Waals surface area contributed by atoms with Crippen molar-refractivity contribution in [3.8, 4) is 0 Å². The molecule has 0 aromatic carbocycles. The largest absolute Gasteiger partial charge is 0.462 e. The topological polar surface area (TPSA) is 78.9 Å². The third kappa shape index (κ3) is 69.0. The van der Waals surface area contributed by atoms with Gasteiger partial charge in [-0.25, -0.2) is 0 Å². The molecule has 6 nitrogen and oxygen atoms in total. The zero-order chi connectivity index (χ0) is 59.9. The van der Waals surface area contributed by atoms with Gasteiger partial charge in [0.1, 0.15) is 13.2 Å². The highest BCUT2D eigenvalue weighted by atomic mass is 16.6. The van der Waals surface area contributed by atoms with E-state index in [9.17, 15) is 14.4 Å². The van der Waals surface area contributed by atoms with Crippen molar-refractivity contribution >= 4 is 17.9 Å². The number of ether oxygens (including phenoxy) is 3. The Morgan fingerprint density at radius 1 is 0.253 bits per heavy atom. The van der Waals surface area contributed by atoms with Crippen molar-refractivity contribution in [3.05, 3.63) is 97.2 Å². The fraction of sp³-hybridized carbons (Fsp3) is 0.753. The molecule has 0 saturated carbocycles. The SMILES string of the molecule is CC/C=C\C/C=C\C/C=C\C/C=C\C/C=C\C/C=C\C/C=C\CCCCCCCCCCCCCC(=O)OCC(COC(=O)CCCCCCC/C=C\CCCCCCCC)OC(=O)CCCCCCCCCCCCCCCCCCC. The highest BCUT2D eigenvalue weighted by molar-refractivity contribution is 5.71. The van der Waals surface area contributed by atoms with Crippen molar-refractivity contribution in [2.75, 3.05) is 13.2 Å². The van der Waals surface area contributed by atoms with E-state index in [1.165, 1.54) is 205 Å². The Bertz CT molecular complexity index is 1610. The van der Waals surface area contributed by atoms with Gasteiger partial charge in [0.05, 0.1) is 0 Å². The van der Waals surface area contributed by atoms with Crippen molar-refractivity contribution in [1.29, 1.82) is 0 Å². The second-order valence-corrected chi connectivity index (χ2v) is 23.8. The van der Waals surface area contributed by atoms with Gasteiger partial charge in [0, 0.05) is 19.3 Å². The molecule has 1 atom stereocenters. The second kappa shape index (κ2) is 70.8. The number of rotatable bonds is 65. The Morgan fingerprint density at radius 2 is 0.470 bits per heavy atom. The predicted molar refractivity (Wildman–Crippen MR) is 362 cm³/mol. The molecule has 0 aromatic heterocycles. The minimum atomic E-state index is -0.781. The first kappa shape index (κ1) is 79.3. The van der Waals surface area contributed by atoms with Crippen LogP contribution < -0.4 is 0 Å². The molecule has 0 aliphatic carbocycles. The summed E-state index contributed by atoms with van der Waals surface area (Å²) in [5.74, 6) is -0.869. The van der Waals surface area contributed by atoms with Crippen LogP contribution in [0.1, 0.15) is 355 Å². The van der Waals surface area contributed by atoms with Gasteiger partial charge in [0.15, 0.2) is 6.10 Å². The maximum Gasteiger partial charge on any atom is 0.306 e. The molecule has 0 aliphatic heterocycles. The van der Waals surface area contributed by atoms with Crippen molar-refractivity contribution < 1.29 is 28.6 Å². The van der Waals surface area contributed by atoms with Crippen molar-refractivity contribution in [2.45, 2.75) is 361 Å². The normalized spacial score (nSPS) is 12.7. The fourth-order valence-corrected chi connectivity index (χ4v) is 10.2. The maximum atomic E-state index is 12.9. The Labute approximate surface area is 515 Å². The number of hydrogen-bond acceptors (Lipinski definition) is 6. The number of unbranched alkanes of at least 4 members (excludes halogenated alkanes) is 38. The standard InChI is InChI=1S/C77H134O6/c1-4-7-10-13-16-19-22-25-28-30-31-32-33-34-35-36-37-38-39-40-41-42-43-44-45-47-49-52-55-58-61-64-67-70-76(79)82-73-74(72-81-75(78)69-66-63-60-57-54-51-48-27-24-21-18-15-12-9-6-3)83-77(80)71-68-65-62-59-56-53-50-46-29-26-23-20-17-14-11-8-5-2/h7,10,16,19,25,27-28,31-32,34-35,37-38,40-41,48,74H,4-6,8-9,11-15,17-18,20-24,26,29-30,33,36,39,42-47,49-73H2,1-3H3/b10-7-,19-16-,28-25-,32-31-,35-34-,38-37-,41-40-,48-27-. The van der Waals surface area contributed by atoms with E-state index in [4.69, 9.17) is 14.2 Å². The fourth-order valence-electron chi connectivity index (χ4n) is 10.2. The summed E-state index contributed by atoms with van der Waals surface area (Å²) in [6, 6.07) is 0. The minimum Gasteiger partial charge on any atom is -0.462 e. The van der Waals surface area contributed by atoms with E-state index in [-0.39, 0.29) is 31.1 Å².